The molecule has 1 atom stereocenters. The molecule has 0 radical (unpaired) electrons. The fourth-order valence-electron chi connectivity index (χ4n) is 1.49. The van der Waals surface area contributed by atoms with E-state index in [0.717, 1.165) is 0 Å². The normalized spacial score (nSPS) is 23.6. The maximum atomic E-state index is 11.5. The Balaban J connectivity index is 2.29. The van der Waals surface area contributed by atoms with Gasteiger partial charge < -0.3 is 19.5 Å². The van der Waals surface area contributed by atoms with E-state index in [9.17, 15) is 4.79 Å². The van der Waals surface area contributed by atoms with Crippen LogP contribution in [0.25, 0.3) is 0 Å². The summed E-state index contributed by atoms with van der Waals surface area (Å²) in [4.78, 5) is 11.5. The van der Waals surface area contributed by atoms with Crippen LogP contribution in [0.5, 0.6) is 0 Å². The van der Waals surface area contributed by atoms with Crippen LogP contribution in [0.15, 0.2) is 0 Å². The largest absolute Gasteiger partial charge is 0.444 e. The van der Waals surface area contributed by atoms with Crippen LogP contribution in [-0.2, 0) is 14.2 Å². The summed E-state index contributed by atoms with van der Waals surface area (Å²) in [5.41, 5.74) is -0.982. The van der Waals surface area contributed by atoms with Crippen molar-refractivity contribution in [3.63, 3.8) is 0 Å². The summed E-state index contributed by atoms with van der Waals surface area (Å²) >= 11 is 5.02. The van der Waals surface area contributed by atoms with Crippen molar-refractivity contribution in [1.82, 2.24) is 10.6 Å². The number of ether oxygens (including phenoxy) is 3. The fraction of sp³-hybridized carbons (Fsp3) is 0.833. The molecule has 0 saturated carbocycles. The Labute approximate surface area is 119 Å². The minimum absolute atomic E-state index is 0.213. The predicted octanol–water partition coefficient (Wildman–Crippen LogP) is 1.19. The minimum atomic E-state index is -0.573. The first-order chi connectivity index (χ1) is 8.70. The van der Waals surface area contributed by atoms with Crippen molar-refractivity contribution < 1.29 is 19.0 Å². The number of carbonyl (C=O) groups excluding carboxylic acids is 1. The van der Waals surface area contributed by atoms with Crippen molar-refractivity contribution in [2.45, 2.75) is 38.9 Å². The third-order valence-corrected chi connectivity index (χ3v) is 2.57. The molecule has 0 aromatic carbocycles. The quantitative estimate of drug-likeness (QED) is 0.745. The SMILES string of the molecule is CC(C)(C)OC(=O)NC(=S)NC[C@]1(C)COCCO1. The molecule has 0 aromatic rings. The molecule has 1 heterocycles. The van der Waals surface area contributed by atoms with E-state index in [2.05, 4.69) is 10.6 Å². The topological polar surface area (TPSA) is 68.8 Å². The first kappa shape index (κ1) is 16.1. The summed E-state index contributed by atoms with van der Waals surface area (Å²) in [6.07, 6.45) is -0.573. The van der Waals surface area contributed by atoms with Gasteiger partial charge in [0.2, 0.25) is 0 Å². The van der Waals surface area contributed by atoms with Crippen LogP contribution in [0, 0.1) is 0 Å². The lowest BCUT2D eigenvalue weighted by Crippen LogP contribution is -2.52. The first-order valence-corrected chi connectivity index (χ1v) is 6.61. The second-order valence-corrected chi connectivity index (χ2v) is 6.07. The lowest BCUT2D eigenvalue weighted by atomic mass is 10.1. The van der Waals surface area contributed by atoms with Crippen LogP contribution in [0.3, 0.4) is 0 Å². The van der Waals surface area contributed by atoms with E-state index in [0.29, 0.717) is 26.4 Å². The van der Waals surface area contributed by atoms with E-state index in [4.69, 9.17) is 26.4 Å². The molecule has 6 nitrogen and oxygen atoms in total. The van der Waals surface area contributed by atoms with E-state index in [1.165, 1.54) is 0 Å². The van der Waals surface area contributed by atoms with Crippen LogP contribution in [0.2, 0.25) is 0 Å². The Hall–Kier alpha value is -0.920. The molecule has 1 amide bonds. The molecular formula is C12H22N2O4S. The molecular weight excluding hydrogens is 268 g/mol. The van der Waals surface area contributed by atoms with Gasteiger partial charge in [0.25, 0.3) is 0 Å². The summed E-state index contributed by atoms with van der Waals surface area (Å²) in [7, 11) is 0. The average Bonchev–Trinajstić information content (AvgIpc) is 2.25. The van der Waals surface area contributed by atoms with Crippen LogP contribution < -0.4 is 10.6 Å². The van der Waals surface area contributed by atoms with Gasteiger partial charge in [0.15, 0.2) is 5.11 Å². The Morgan fingerprint density at radius 3 is 2.63 bits per heavy atom. The Kier molecular flexibility index (Phi) is 5.51. The zero-order valence-corrected chi connectivity index (χ0v) is 12.7. The highest BCUT2D eigenvalue weighted by Gasteiger charge is 2.29. The number of amides is 1. The van der Waals surface area contributed by atoms with Gasteiger partial charge in [0, 0.05) is 6.54 Å². The van der Waals surface area contributed by atoms with Crippen molar-refractivity contribution in [3.8, 4) is 0 Å². The zero-order chi connectivity index (χ0) is 14.5. The molecule has 7 heteroatoms. The van der Waals surface area contributed by atoms with Gasteiger partial charge in [-0.2, -0.15) is 0 Å². The number of rotatable bonds is 2. The van der Waals surface area contributed by atoms with Crippen molar-refractivity contribution in [1.29, 1.82) is 0 Å². The standard InChI is InChI=1S/C12H22N2O4S/c1-11(2,3)18-10(15)14-9(19)13-7-12(4)8-16-5-6-17-12/h5-8H2,1-4H3,(H2,13,14,15,19)/t12-/m1/s1. The maximum Gasteiger partial charge on any atom is 0.413 e. The number of alkyl carbamates (subject to hydrolysis) is 1. The van der Waals surface area contributed by atoms with Crippen molar-refractivity contribution >= 4 is 23.4 Å². The number of thiocarbonyl (C=S) groups is 1. The summed E-state index contributed by atoms with van der Waals surface area (Å²) < 4.78 is 16.0. The van der Waals surface area contributed by atoms with Crippen LogP contribution in [-0.4, -0.2) is 48.8 Å². The van der Waals surface area contributed by atoms with Gasteiger partial charge in [-0.3, -0.25) is 5.32 Å². The maximum absolute atomic E-state index is 11.5. The smallest absolute Gasteiger partial charge is 0.413 e. The van der Waals surface area contributed by atoms with Gasteiger partial charge in [0.1, 0.15) is 11.2 Å². The van der Waals surface area contributed by atoms with E-state index in [-0.39, 0.29) is 5.11 Å². The molecule has 0 unspecified atom stereocenters. The fourth-order valence-corrected chi connectivity index (χ4v) is 1.64. The van der Waals surface area contributed by atoms with Gasteiger partial charge in [-0.05, 0) is 39.9 Å². The first-order valence-electron chi connectivity index (χ1n) is 6.20. The number of hydrogen-bond acceptors (Lipinski definition) is 5. The highest BCUT2D eigenvalue weighted by molar-refractivity contribution is 7.80. The molecule has 19 heavy (non-hydrogen) atoms. The van der Waals surface area contributed by atoms with Gasteiger partial charge in [-0.25, -0.2) is 4.79 Å². The summed E-state index contributed by atoms with van der Waals surface area (Å²) in [6.45, 7) is 9.42. The second kappa shape index (κ2) is 6.49. The van der Waals surface area contributed by atoms with Gasteiger partial charge >= 0.3 is 6.09 Å². The molecule has 0 bridgehead atoms. The number of carbonyl (C=O) groups is 1. The molecule has 0 aromatic heterocycles. The monoisotopic (exact) mass is 290 g/mol. The van der Waals surface area contributed by atoms with Crippen LogP contribution in [0.1, 0.15) is 27.7 Å². The van der Waals surface area contributed by atoms with E-state index < -0.39 is 17.3 Å². The minimum Gasteiger partial charge on any atom is -0.444 e. The van der Waals surface area contributed by atoms with E-state index in [1.807, 2.05) is 6.92 Å². The summed E-state index contributed by atoms with van der Waals surface area (Å²) in [5.74, 6) is 0. The predicted molar refractivity (Wildman–Crippen MR) is 75.1 cm³/mol. The highest BCUT2D eigenvalue weighted by atomic mass is 32.1. The second-order valence-electron chi connectivity index (χ2n) is 5.66. The summed E-state index contributed by atoms with van der Waals surface area (Å²) in [6, 6.07) is 0. The van der Waals surface area contributed by atoms with Crippen LogP contribution >= 0.6 is 12.2 Å². The highest BCUT2D eigenvalue weighted by Crippen LogP contribution is 2.13. The van der Waals surface area contributed by atoms with Gasteiger partial charge in [-0.1, -0.05) is 0 Å². The molecule has 1 rings (SSSR count). The van der Waals surface area contributed by atoms with E-state index in [1.54, 1.807) is 20.8 Å². The number of hydrogen-bond donors (Lipinski definition) is 2. The molecule has 1 aliphatic rings. The molecule has 1 saturated heterocycles. The number of nitrogens with one attached hydrogen (secondary N) is 2. The molecule has 0 aliphatic carbocycles. The van der Waals surface area contributed by atoms with Crippen molar-refractivity contribution in [3.05, 3.63) is 0 Å². The molecule has 1 aliphatic heterocycles. The van der Waals surface area contributed by atoms with Crippen LogP contribution in [0.4, 0.5) is 4.79 Å². The van der Waals surface area contributed by atoms with Gasteiger partial charge in [0.05, 0.1) is 19.8 Å². The Morgan fingerprint density at radius 2 is 2.11 bits per heavy atom. The Bertz CT molecular complexity index is 335. The van der Waals surface area contributed by atoms with Gasteiger partial charge in [-0.15, -0.1) is 0 Å². The summed E-state index contributed by atoms with van der Waals surface area (Å²) in [5, 5.41) is 5.59. The molecule has 1 fully saturated rings. The van der Waals surface area contributed by atoms with Crippen molar-refractivity contribution in [2.75, 3.05) is 26.4 Å². The van der Waals surface area contributed by atoms with E-state index >= 15 is 0 Å². The molecule has 0 spiro atoms. The average molecular weight is 290 g/mol. The molecule has 110 valence electrons. The lowest BCUT2D eigenvalue weighted by molar-refractivity contribution is -0.143. The van der Waals surface area contributed by atoms with Crippen molar-refractivity contribution in [2.24, 2.45) is 0 Å². The third kappa shape index (κ3) is 6.70. The zero-order valence-electron chi connectivity index (χ0n) is 11.9. The third-order valence-electron chi connectivity index (χ3n) is 2.32. The Morgan fingerprint density at radius 1 is 1.42 bits per heavy atom. The lowest BCUT2D eigenvalue weighted by Gasteiger charge is -2.34. The molecule has 2 N–H and O–H groups in total.